The van der Waals surface area contributed by atoms with Crippen molar-refractivity contribution in [2.45, 2.75) is 78.1 Å². The van der Waals surface area contributed by atoms with Gasteiger partial charge in [-0.2, -0.15) is 5.10 Å². The molecule has 1 N–H and O–H groups in total. The van der Waals surface area contributed by atoms with E-state index >= 15 is 0 Å². The smallest absolute Gasteiger partial charge is 0.240 e. The van der Waals surface area contributed by atoms with Crippen molar-refractivity contribution in [1.82, 2.24) is 5.43 Å². The van der Waals surface area contributed by atoms with Crippen LogP contribution in [0.25, 0.3) is 0 Å². The van der Waals surface area contributed by atoms with Gasteiger partial charge in [-0.15, -0.1) is 0 Å². The molecule has 3 nitrogen and oxygen atoms in total. The highest BCUT2D eigenvalue weighted by molar-refractivity contribution is 5.89. The maximum atomic E-state index is 11.8. The Kier molecular flexibility index (Phi) is 4.37. The number of hydrogen-bond acceptors (Lipinski definition) is 2. The molecule has 0 unspecified atom stereocenters. The van der Waals surface area contributed by atoms with E-state index in [2.05, 4.69) is 24.4 Å². The summed E-state index contributed by atoms with van der Waals surface area (Å²) in [5.41, 5.74) is 4.34. The Hall–Kier alpha value is -0.860. The van der Waals surface area contributed by atoms with Crippen LogP contribution in [0.3, 0.4) is 0 Å². The lowest BCUT2D eigenvalue weighted by atomic mass is 9.48. The quantitative estimate of drug-likeness (QED) is 0.443. The van der Waals surface area contributed by atoms with E-state index < -0.39 is 0 Å². The number of rotatable bonds is 6. The van der Waals surface area contributed by atoms with Crippen molar-refractivity contribution < 1.29 is 4.79 Å². The predicted molar refractivity (Wildman–Crippen MR) is 86.0 cm³/mol. The number of nitrogens with zero attached hydrogens (tertiary/aromatic N) is 1. The lowest BCUT2D eigenvalue weighted by Gasteiger charge is -2.56. The van der Waals surface area contributed by atoms with Gasteiger partial charge < -0.3 is 0 Å². The molecule has 21 heavy (non-hydrogen) atoms. The molecular formula is C18H30N2O. The van der Waals surface area contributed by atoms with Crippen LogP contribution in [-0.4, -0.2) is 11.6 Å². The number of nitrogens with one attached hydrogen (secondary N) is 1. The number of amides is 1. The molecule has 0 radical (unpaired) electrons. The Morgan fingerprint density at radius 1 is 1.10 bits per heavy atom. The Balaban J connectivity index is 1.58. The van der Waals surface area contributed by atoms with Crippen molar-refractivity contribution in [1.29, 1.82) is 0 Å². The summed E-state index contributed by atoms with van der Waals surface area (Å²) in [6, 6.07) is 0. The lowest BCUT2D eigenvalue weighted by Crippen LogP contribution is -2.49. The van der Waals surface area contributed by atoms with Crippen LogP contribution in [-0.2, 0) is 4.79 Å². The maximum Gasteiger partial charge on any atom is 0.240 e. The molecular weight excluding hydrogens is 260 g/mol. The zero-order chi connectivity index (χ0) is 14.9. The Labute approximate surface area is 129 Å². The zero-order valence-corrected chi connectivity index (χ0v) is 13.7. The van der Waals surface area contributed by atoms with Gasteiger partial charge in [0.2, 0.25) is 5.91 Å². The van der Waals surface area contributed by atoms with E-state index in [1.165, 1.54) is 44.2 Å². The highest BCUT2D eigenvalue weighted by atomic mass is 16.2. The molecule has 3 heteroatoms. The number of unbranched alkanes of at least 4 members (excludes halogenated alkanes) is 2. The van der Waals surface area contributed by atoms with Gasteiger partial charge in [-0.25, -0.2) is 5.43 Å². The van der Waals surface area contributed by atoms with E-state index in [4.69, 9.17) is 0 Å². The summed E-state index contributed by atoms with van der Waals surface area (Å²) in [6.07, 6.45) is 12.2. The minimum Gasteiger partial charge on any atom is -0.273 e. The first-order valence-corrected chi connectivity index (χ1v) is 8.95. The van der Waals surface area contributed by atoms with Crippen LogP contribution in [0.1, 0.15) is 78.1 Å². The molecule has 4 aliphatic carbocycles. The first-order chi connectivity index (χ1) is 10.1. The van der Waals surface area contributed by atoms with Gasteiger partial charge in [0.1, 0.15) is 0 Å². The van der Waals surface area contributed by atoms with E-state index in [1.807, 2.05) is 0 Å². The molecule has 1 amide bonds. The van der Waals surface area contributed by atoms with Crippen LogP contribution in [0, 0.1) is 23.2 Å². The SMILES string of the molecule is CCCCCC(=O)NN=C(C)C12CC3CC(CC(C3)C1)C2. The summed E-state index contributed by atoms with van der Waals surface area (Å²) in [5.74, 6) is 2.89. The van der Waals surface area contributed by atoms with Gasteiger partial charge in [-0.3, -0.25) is 4.79 Å². The fraction of sp³-hybridized carbons (Fsp3) is 0.889. The monoisotopic (exact) mass is 290 g/mol. The molecule has 4 bridgehead atoms. The van der Waals surface area contributed by atoms with Crippen LogP contribution in [0.4, 0.5) is 0 Å². The average molecular weight is 290 g/mol. The topological polar surface area (TPSA) is 41.5 Å². The number of carbonyl (C=O) groups is 1. The first kappa shape index (κ1) is 15.1. The summed E-state index contributed by atoms with van der Waals surface area (Å²) in [5, 5.41) is 4.51. The second-order valence-electron chi connectivity index (χ2n) is 7.89. The molecule has 0 aromatic heterocycles. The summed E-state index contributed by atoms with van der Waals surface area (Å²) < 4.78 is 0. The molecule has 4 rings (SSSR count). The van der Waals surface area contributed by atoms with Gasteiger partial charge in [0.05, 0.1) is 0 Å². The first-order valence-electron chi connectivity index (χ1n) is 8.95. The number of carbonyl (C=O) groups excluding carboxylic acids is 1. The Bertz CT molecular complexity index is 392. The van der Waals surface area contributed by atoms with E-state index in [-0.39, 0.29) is 5.91 Å². The van der Waals surface area contributed by atoms with E-state index in [0.29, 0.717) is 11.8 Å². The van der Waals surface area contributed by atoms with Gasteiger partial charge in [0.25, 0.3) is 0 Å². The highest BCUT2D eigenvalue weighted by Crippen LogP contribution is 2.60. The fourth-order valence-electron chi connectivity index (χ4n) is 5.41. The third-order valence-electron chi connectivity index (χ3n) is 6.16. The van der Waals surface area contributed by atoms with Crippen LogP contribution in [0.2, 0.25) is 0 Å². The van der Waals surface area contributed by atoms with E-state index in [1.54, 1.807) is 0 Å². The summed E-state index contributed by atoms with van der Waals surface area (Å²) in [4.78, 5) is 11.8. The van der Waals surface area contributed by atoms with Crippen LogP contribution < -0.4 is 5.43 Å². The molecule has 0 aliphatic heterocycles. The molecule has 0 aromatic carbocycles. The average Bonchev–Trinajstić information content (AvgIpc) is 2.43. The Morgan fingerprint density at radius 2 is 1.67 bits per heavy atom. The van der Waals surface area contributed by atoms with Gasteiger partial charge >= 0.3 is 0 Å². The van der Waals surface area contributed by atoms with E-state index in [0.717, 1.165) is 37.0 Å². The van der Waals surface area contributed by atoms with Crippen molar-refractivity contribution in [3.63, 3.8) is 0 Å². The molecule has 4 fully saturated rings. The van der Waals surface area contributed by atoms with Gasteiger partial charge in [0.15, 0.2) is 0 Å². The number of hydrogen-bond donors (Lipinski definition) is 1. The third-order valence-corrected chi connectivity index (χ3v) is 6.16. The van der Waals surface area contributed by atoms with Crippen molar-refractivity contribution in [3.05, 3.63) is 0 Å². The van der Waals surface area contributed by atoms with E-state index in [9.17, 15) is 4.79 Å². The third kappa shape index (κ3) is 3.17. The second kappa shape index (κ2) is 6.10. The normalized spacial score (nSPS) is 37.8. The summed E-state index contributed by atoms with van der Waals surface area (Å²) >= 11 is 0. The second-order valence-corrected chi connectivity index (χ2v) is 7.89. The van der Waals surface area contributed by atoms with Gasteiger partial charge in [-0.05, 0) is 69.6 Å². The zero-order valence-electron chi connectivity index (χ0n) is 13.7. The molecule has 4 aliphatic rings. The fourth-order valence-corrected chi connectivity index (χ4v) is 5.41. The Morgan fingerprint density at radius 3 is 2.19 bits per heavy atom. The largest absolute Gasteiger partial charge is 0.273 e. The number of hydrazone groups is 1. The molecule has 0 saturated heterocycles. The summed E-state index contributed by atoms with van der Waals surface area (Å²) in [6.45, 7) is 4.31. The molecule has 0 heterocycles. The molecule has 4 saturated carbocycles. The van der Waals surface area contributed by atoms with Crippen LogP contribution in [0.15, 0.2) is 5.10 Å². The van der Waals surface area contributed by atoms with Crippen molar-refractivity contribution >= 4 is 11.6 Å². The van der Waals surface area contributed by atoms with Crippen molar-refractivity contribution in [3.8, 4) is 0 Å². The minimum atomic E-state index is 0.0903. The summed E-state index contributed by atoms with van der Waals surface area (Å²) in [7, 11) is 0. The van der Waals surface area contributed by atoms with Gasteiger partial charge in [0, 0.05) is 17.5 Å². The standard InChI is InChI=1S/C18H30N2O/c1-3-4-5-6-17(21)20-19-13(2)18-10-14-7-15(11-18)9-16(8-14)12-18/h14-16H,3-12H2,1-2H3,(H,20,21). The molecule has 0 aromatic rings. The van der Waals surface area contributed by atoms with Crippen molar-refractivity contribution in [2.24, 2.45) is 28.3 Å². The minimum absolute atomic E-state index is 0.0903. The van der Waals surface area contributed by atoms with Crippen LogP contribution >= 0.6 is 0 Å². The lowest BCUT2D eigenvalue weighted by molar-refractivity contribution is -0.121. The maximum absolute atomic E-state index is 11.8. The molecule has 0 atom stereocenters. The van der Waals surface area contributed by atoms with Crippen molar-refractivity contribution in [2.75, 3.05) is 0 Å². The molecule has 118 valence electrons. The predicted octanol–water partition coefficient (Wildman–Crippen LogP) is 4.28. The highest BCUT2D eigenvalue weighted by Gasteiger charge is 2.52. The molecule has 0 spiro atoms. The van der Waals surface area contributed by atoms with Gasteiger partial charge in [-0.1, -0.05) is 19.8 Å². The van der Waals surface area contributed by atoms with Crippen LogP contribution in [0.5, 0.6) is 0 Å².